The number of hydrogen-bond donors (Lipinski definition) is 4. The van der Waals surface area contributed by atoms with E-state index in [9.17, 15) is 38.0 Å². The molecule has 1 aromatic carbocycles. The highest BCUT2D eigenvalue weighted by molar-refractivity contribution is 7.89. The summed E-state index contributed by atoms with van der Waals surface area (Å²) in [5.74, 6) is -2.26. The van der Waals surface area contributed by atoms with Crippen LogP contribution < -0.4 is 15.4 Å². The summed E-state index contributed by atoms with van der Waals surface area (Å²) in [6.07, 6.45) is -0.955. The number of benzene rings is 1. The fraction of sp³-hybridized carbons (Fsp3) is 0.471. The summed E-state index contributed by atoms with van der Waals surface area (Å²) in [6, 6.07) is 2.64. The van der Waals surface area contributed by atoms with Gasteiger partial charge in [0.1, 0.15) is 11.6 Å². The molecule has 2 amide bonds. The Morgan fingerprint density at radius 2 is 1.81 bits per heavy atom. The maximum atomic E-state index is 12.4. The highest BCUT2D eigenvalue weighted by Crippen LogP contribution is 2.22. The van der Waals surface area contributed by atoms with Gasteiger partial charge in [0.05, 0.1) is 4.92 Å². The van der Waals surface area contributed by atoms with Crippen molar-refractivity contribution in [2.75, 3.05) is 13.1 Å². The molecule has 0 bridgehead atoms. The first kappa shape index (κ1) is 25.8. The van der Waals surface area contributed by atoms with Gasteiger partial charge in [-0.3, -0.25) is 19.7 Å². The van der Waals surface area contributed by atoms with E-state index in [1.807, 2.05) is 4.72 Å². The first-order valence-corrected chi connectivity index (χ1v) is 10.4. The molecule has 0 heterocycles. The van der Waals surface area contributed by atoms with E-state index in [0.717, 1.165) is 12.1 Å². The fourth-order valence-corrected chi connectivity index (χ4v) is 3.52. The van der Waals surface area contributed by atoms with Crippen LogP contribution in [-0.4, -0.2) is 61.1 Å². The van der Waals surface area contributed by atoms with E-state index >= 15 is 0 Å². The number of carbonyl (C=O) groups excluding carboxylic acids is 2. The number of nitrogens with zero attached hydrogens (tertiary/aromatic N) is 1. The fourth-order valence-electron chi connectivity index (χ4n) is 2.16. The summed E-state index contributed by atoms with van der Waals surface area (Å²) in [5, 5.41) is 24.8. The summed E-state index contributed by atoms with van der Waals surface area (Å²) in [7, 11) is -4.57. The average molecular weight is 460 g/mol. The summed E-state index contributed by atoms with van der Waals surface area (Å²) in [4.78, 5) is 44.1. The summed E-state index contributed by atoms with van der Waals surface area (Å²) < 4.78 is 31.7. The van der Waals surface area contributed by atoms with E-state index in [-0.39, 0.29) is 13.0 Å². The topological polar surface area (TPSA) is 194 Å². The van der Waals surface area contributed by atoms with Crippen molar-refractivity contribution >= 4 is 33.7 Å². The van der Waals surface area contributed by atoms with Crippen LogP contribution >= 0.6 is 0 Å². The second-order valence-corrected chi connectivity index (χ2v) is 8.90. The minimum absolute atomic E-state index is 0.0968. The van der Waals surface area contributed by atoms with Crippen LogP contribution in [0.3, 0.4) is 0 Å². The van der Waals surface area contributed by atoms with Crippen LogP contribution in [0.25, 0.3) is 0 Å². The second-order valence-electron chi connectivity index (χ2n) is 7.22. The molecule has 0 fully saturated rings. The molecule has 0 saturated carbocycles. The first-order chi connectivity index (χ1) is 14.2. The Balaban J connectivity index is 2.68. The quantitative estimate of drug-likeness (QED) is 0.281. The molecule has 0 aliphatic heterocycles. The lowest BCUT2D eigenvalue weighted by molar-refractivity contribution is -0.387. The number of hydrogen-bond acceptors (Lipinski definition) is 8. The average Bonchev–Trinajstić information content (AvgIpc) is 2.63. The number of sulfonamides is 1. The molecule has 0 aromatic heterocycles. The van der Waals surface area contributed by atoms with Crippen LogP contribution in [0.5, 0.6) is 0 Å². The number of rotatable bonds is 10. The van der Waals surface area contributed by atoms with E-state index in [1.165, 1.54) is 12.1 Å². The van der Waals surface area contributed by atoms with Crippen molar-refractivity contribution in [1.82, 2.24) is 15.4 Å². The van der Waals surface area contributed by atoms with Crippen LogP contribution in [-0.2, 0) is 24.3 Å². The maximum absolute atomic E-state index is 12.4. The van der Waals surface area contributed by atoms with E-state index in [4.69, 9.17) is 4.74 Å². The monoisotopic (exact) mass is 460 g/mol. The van der Waals surface area contributed by atoms with Gasteiger partial charge in [0.15, 0.2) is 4.90 Å². The molecule has 1 rings (SSSR count). The Labute approximate surface area is 178 Å². The van der Waals surface area contributed by atoms with Gasteiger partial charge in [0.2, 0.25) is 15.9 Å². The predicted molar refractivity (Wildman–Crippen MR) is 107 cm³/mol. The number of ether oxygens (including phenoxy) is 1. The molecule has 172 valence electrons. The lowest BCUT2D eigenvalue weighted by Gasteiger charge is -2.19. The molecule has 4 N–H and O–H groups in total. The normalized spacial score (nSPS) is 12.5. The minimum atomic E-state index is -4.57. The summed E-state index contributed by atoms with van der Waals surface area (Å²) >= 11 is 0. The number of nitrogens with one attached hydrogen (secondary N) is 3. The molecule has 1 aromatic rings. The van der Waals surface area contributed by atoms with Crippen LogP contribution in [0, 0.1) is 10.1 Å². The number of carboxylic acids is 1. The number of para-hydroxylation sites is 1. The largest absolute Gasteiger partial charge is 0.480 e. The SMILES string of the molecule is CC(C)(C)OC(=O)NCCC(=O)NCC(NS(=O)(=O)c1ccccc1[N+](=O)[O-])C(=O)O. The standard InChI is InChI=1S/C17H24N4O9S/c1-17(2,3)30-16(25)18-9-8-14(22)19-10-11(15(23)24)20-31(28,29)13-7-5-4-6-12(13)21(26)27/h4-7,11,20H,8-10H2,1-3H3,(H,18,25)(H,19,22)(H,23,24). The number of aliphatic carboxylic acids is 1. The second kappa shape index (κ2) is 10.7. The molecule has 1 unspecified atom stereocenters. The minimum Gasteiger partial charge on any atom is -0.480 e. The Morgan fingerprint density at radius 3 is 2.35 bits per heavy atom. The van der Waals surface area contributed by atoms with Crippen molar-refractivity contribution < 1.29 is 37.6 Å². The van der Waals surface area contributed by atoms with Crippen molar-refractivity contribution in [3.05, 3.63) is 34.4 Å². The molecular formula is C17H24N4O9S. The van der Waals surface area contributed by atoms with Gasteiger partial charge in [-0.25, -0.2) is 13.2 Å². The highest BCUT2D eigenvalue weighted by Gasteiger charge is 2.30. The van der Waals surface area contributed by atoms with Crippen LogP contribution in [0.2, 0.25) is 0 Å². The smallest absolute Gasteiger partial charge is 0.407 e. The molecular weight excluding hydrogens is 436 g/mol. The number of carboxylic acid groups (broad SMARTS) is 1. The first-order valence-electron chi connectivity index (χ1n) is 8.95. The zero-order chi connectivity index (χ0) is 23.8. The number of carbonyl (C=O) groups is 3. The van der Waals surface area contributed by atoms with Gasteiger partial charge >= 0.3 is 12.1 Å². The Kier molecular flexibility index (Phi) is 8.88. The Morgan fingerprint density at radius 1 is 1.19 bits per heavy atom. The Hall–Kier alpha value is -3.26. The zero-order valence-corrected chi connectivity index (χ0v) is 17.9. The summed E-state index contributed by atoms with van der Waals surface area (Å²) in [6.45, 7) is 4.27. The van der Waals surface area contributed by atoms with Gasteiger partial charge in [-0.1, -0.05) is 12.1 Å². The van der Waals surface area contributed by atoms with Gasteiger partial charge in [0, 0.05) is 25.6 Å². The maximum Gasteiger partial charge on any atom is 0.407 e. The zero-order valence-electron chi connectivity index (χ0n) is 17.1. The van der Waals surface area contributed by atoms with Gasteiger partial charge in [-0.15, -0.1) is 0 Å². The summed E-state index contributed by atoms with van der Waals surface area (Å²) in [5.41, 5.74) is -1.44. The van der Waals surface area contributed by atoms with Crippen LogP contribution in [0.4, 0.5) is 10.5 Å². The third kappa shape index (κ3) is 8.96. The third-order valence-corrected chi connectivity index (χ3v) is 4.99. The molecule has 0 saturated heterocycles. The van der Waals surface area contributed by atoms with Crippen molar-refractivity contribution in [3.63, 3.8) is 0 Å². The Bertz CT molecular complexity index is 941. The molecule has 1 atom stereocenters. The van der Waals surface area contributed by atoms with Crippen molar-refractivity contribution in [3.8, 4) is 0 Å². The van der Waals surface area contributed by atoms with Gasteiger partial charge in [-0.2, -0.15) is 4.72 Å². The van der Waals surface area contributed by atoms with Crippen molar-refractivity contribution in [2.24, 2.45) is 0 Å². The number of nitro benzene ring substituents is 1. The number of alkyl carbamates (subject to hydrolysis) is 1. The van der Waals surface area contributed by atoms with Crippen molar-refractivity contribution in [2.45, 2.75) is 43.7 Å². The van der Waals surface area contributed by atoms with E-state index in [1.54, 1.807) is 20.8 Å². The van der Waals surface area contributed by atoms with Gasteiger partial charge in [0.25, 0.3) is 5.69 Å². The molecule has 0 radical (unpaired) electrons. The van der Waals surface area contributed by atoms with Crippen LogP contribution in [0.15, 0.2) is 29.2 Å². The number of amides is 2. The molecule has 13 nitrogen and oxygen atoms in total. The predicted octanol–water partition coefficient (Wildman–Crippen LogP) is 0.357. The van der Waals surface area contributed by atoms with E-state index in [2.05, 4.69) is 10.6 Å². The third-order valence-electron chi connectivity index (χ3n) is 3.47. The van der Waals surface area contributed by atoms with Crippen molar-refractivity contribution in [1.29, 1.82) is 0 Å². The molecule has 0 aliphatic carbocycles. The highest BCUT2D eigenvalue weighted by atomic mass is 32.2. The molecule has 0 spiro atoms. The van der Waals surface area contributed by atoms with Crippen LogP contribution in [0.1, 0.15) is 27.2 Å². The lowest BCUT2D eigenvalue weighted by atomic mass is 10.2. The molecule has 14 heteroatoms. The van der Waals surface area contributed by atoms with Gasteiger partial charge in [-0.05, 0) is 26.8 Å². The van der Waals surface area contributed by atoms with E-state index < -0.39 is 61.7 Å². The van der Waals surface area contributed by atoms with E-state index in [0.29, 0.717) is 0 Å². The van der Waals surface area contributed by atoms with Gasteiger partial charge < -0.3 is 20.5 Å². The molecule has 0 aliphatic rings. The lowest BCUT2D eigenvalue weighted by Crippen LogP contribution is -2.48. The number of nitro groups is 1. The molecule has 31 heavy (non-hydrogen) atoms.